The van der Waals surface area contributed by atoms with Crippen LogP contribution >= 0.6 is 0 Å². The Morgan fingerprint density at radius 1 is 1.06 bits per heavy atom. The molecule has 0 radical (unpaired) electrons. The van der Waals surface area contributed by atoms with Gasteiger partial charge < -0.3 is 24.1 Å². The average Bonchev–Trinajstić information content (AvgIpc) is 3.13. The summed E-state index contributed by atoms with van der Waals surface area (Å²) < 4.78 is 17.9. The molecule has 1 heterocycles. The average molecular weight is 437 g/mol. The summed E-state index contributed by atoms with van der Waals surface area (Å²) in [6, 6.07) is 12.7. The quantitative estimate of drug-likeness (QED) is 0.307. The molecule has 0 bridgehead atoms. The van der Waals surface area contributed by atoms with Crippen molar-refractivity contribution in [3.63, 3.8) is 0 Å². The highest BCUT2D eigenvalue weighted by Crippen LogP contribution is 2.28. The maximum Gasteiger partial charge on any atom is 0.354 e. The third-order valence-electron chi connectivity index (χ3n) is 5.07. The van der Waals surface area contributed by atoms with Crippen LogP contribution in [0.2, 0.25) is 0 Å². The first-order chi connectivity index (χ1) is 15.5. The largest absolute Gasteiger partial charge is 0.493 e. The second-order valence-corrected chi connectivity index (χ2v) is 7.28. The number of fused-ring (bicyclic) bond motifs is 1. The highest BCUT2D eigenvalue weighted by atomic mass is 16.5. The number of benzene rings is 2. The second-order valence-electron chi connectivity index (χ2n) is 7.28. The maximum absolute atomic E-state index is 13.0. The molecule has 1 amide bonds. The van der Waals surface area contributed by atoms with Crippen molar-refractivity contribution in [2.45, 2.75) is 19.8 Å². The van der Waals surface area contributed by atoms with Crippen molar-refractivity contribution in [2.24, 2.45) is 7.05 Å². The maximum atomic E-state index is 13.0. The van der Waals surface area contributed by atoms with Gasteiger partial charge in [0.2, 0.25) is 0 Å². The molecule has 3 rings (SSSR count). The molecule has 1 aromatic heterocycles. The molecule has 0 saturated heterocycles. The van der Waals surface area contributed by atoms with Crippen LogP contribution in [0.4, 0.5) is 0 Å². The Labute approximate surface area is 187 Å². The minimum Gasteiger partial charge on any atom is -0.493 e. The lowest BCUT2D eigenvalue weighted by molar-refractivity contribution is -0.139. The van der Waals surface area contributed by atoms with E-state index in [2.05, 4.69) is 5.32 Å². The number of nitrogens with one attached hydrogen (secondary N) is 1. The predicted octanol–water partition coefficient (Wildman–Crippen LogP) is 4.31. The van der Waals surface area contributed by atoms with Crippen LogP contribution in [0.15, 0.2) is 54.4 Å². The van der Waals surface area contributed by atoms with Gasteiger partial charge >= 0.3 is 5.97 Å². The lowest BCUT2D eigenvalue weighted by Gasteiger charge is -2.12. The van der Waals surface area contributed by atoms with E-state index in [0.717, 1.165) is 29.3 Å². The molecular formula is C25H28N2O5. The van der Waals surface area contributed by atoms with E-state index in [1.165, 1.54) is 14.2 Å². The number of para-hydroxylation sites is 1. The molecule has 2 aromatic carbocycles. The van der Waals surface area contributed by atoms with Gasteiger partial charge in [-0.25, -0.2) is 4.79 Å². The van der Waals surface area contributed by atoms with Crippen molar-refractivity contribution in [1.82, 2.24) is 9.88 Å². The van der Waals surface area contributed by atoms with Crippen molar-refractivity contribution < 1.29 is 23.8 Å². The van der Waals surface area contributed by atoms with Gasteiger partial charge in [0.25, 0.3) is 5.91 Å². The number of hydrogen-bond acceptors (Lipinski definition) is 5. The normalized spacial score (nSPS) is 11.3. The van der Waals surface area contributed by atoms with Crippen molar-refractivity contribution in [3.05, 3.63) is 65.5 Å². The molecule has 0 aliphatic rings. The third-order valence-corrected chi connectivity index (χ3v) is 5.07. The van der Waals surface area contributed by atoms with Crippen LogP contribution in [-0.4, -0.2) is 37.3 Å². The molecule has 7 heteroatoms. The number of rotatable bonds is 9. The first-order valence-corrected chi connectivity index (χ1v) is 10.4. The molecule has 7 nitrogen and oxygen atoms in total. The van der Waals surface area contributed by atoms with Crippen LogP contribution in [0.5, 0.6) is 11.5 Å². The van der Waals surface area contributed by atoms with Crippen molar-refractivity contribution in [3.8, 4) is 11.5 Å². The zero-order valence-electron chi connectivity index (χ0n) is 18.8. The summed E-state index contributed by atoms with van der Waals surface area (Å²) in [5.74, 6) is -0.107. The van der Waals surface area contributed by atoms with E-state index in [-0.39, 0.29) is 12.3 Å². The van der Waals surface area contributed by atoms with E-state index >= 15 is 0 Å². The Morgan fingerprint density at radius 2 is 1.81 bits per heavy atom. The first kappa shape index (κ1) is 22.9. The molecule has 0 aliphatic carbocycles. The van der Waals surface area contributed by atoms with Gasteiger partial charge in [-0.05, 0) is 36.8 Å². The van der Waals surface area contributed by atoms with Gasteiger partial charge in [0, 0.05) is 35.3 Å². The third kappa shape index (κ3) is 5.11. The van der Waals surface area contributed by atoms with Crippen LogP contribution < -0.4 is 14.8 Å². The van der Waals surface area contributed by atoms with Crippen LogP contribution in [0.1, 0.15) is 35.7 Å². The fraction of sp³-hybridized carbons (Fsp3) is 0.280. The minimum absolute atomic E-state index is 0.0669. The molecule has 0 fully saturated rings. The number of hydrogen-bond donors (Lipinski definition) is 1. The smallest absolute Gasteiger partial charge is 0.354 e. The van der Waals surface area contributed by atoms with E-state index in [0.29, 0.717) is 17.1 Å². The van der Waals surface area contributed by atoms with E-state index in [9.17, 15) is 9.59 Å². The van der Waals surface area contributed by atoms with Gasteiger partial charge in [-0.15, -0.1) is 0 Å². The molecule has 168 valence electrons. The zero-order chi connectivity index (χ0) is 23.1. The molecule has 0 aliphatic heterocycles. The van der Waals surface area contributed by atoms with Crippen LogP contribution in [0.3, 0.4) is 0 Å². The van der Waals surface area contributed by atoms with E-state index in [1.54, 1.807) is 24.3 Å². The van der Waals surface area contributed by atoms with Gasteiger partial charge in [-0.3, -0.25) is 4.79 Å². The number of aromatic nitrogens is 1. The van der Waals surface area contributed by atoms with Crippen molar-refractivity contribution in [2.75, 3.05) is 20.8 Å². The minimum atomic E-state index is -0.583. The van der Waals surface area contributed by atoms with Crippen molar-refractivity contribution in [1.29, 1.82) is 0 Å². The lowest BCUT2D eigenvalue weighted by atomic mass is 10.1. The molecule has 0 spiro atoms. The summed E-state index contributed by atoms with van der Waals surface area (Å²) in [5, 5.41) is 3.68. The lowest BCUT2D eigenvalue weighted by Crippen LogP contribution is -2.28. The SMILES string of the molecule is CCCCOC(=O)/C(=C/c1cn(C)c2ccccc12)NC(=O)c1ccc(OC)c(OC)c1. The van der Waals surface area contributed by atoms with Crippen LogP contribution in [-0.2, 0) is 16.6 Å². The Kier molecular flexibility index (Phi) is 7.54. The highest BCUT2D eigenvalue weighted by Gasteiger charge is 2.18. The molecule has 0 unspecified atom stereocenters. The van der Waals surface area contributed by atoms with Gasteiger partial charge in [-0.1, -0.05) is 31.5 Å². The molecule has 0 atom stereocenters. The predicted molar refractivity (Wildman–Crippen MR) is 124 cm³/mol. The number of esters is 1. The topological polar surface area (TPSA) is 78.8 Å². The Hall–Kier alpha value is -3.74. The first-order valence-electron chi connectivity index (χ1n) is 10.4. The van der Waals surface area contributed by atoms with Crippen LogP contribution in [0.25, 0.3) is 17.0 Å². The molecular weight excluding hydrogens is 408 g/mol. The summed E-state index contributed by atoms with van der Waals surface area (Å²) in [5.41, 5.74) is 2.21. The van der Waals surface area contributed by atoms with Gasteiger partial charge in [0.05, 0.1) is 20.8 Å². The summed E-state index contributed by atoms with van der Waals surface area (Å²) in [7, 11) is 4.95. The Bertz CT molecular complexity index is 1150. The second kappa shape index (κ2) is 10.5. The molecule has 0 saturated carbocycles. The Balaban J connectivity index is 1.95. The van der Waals surface area contributed by atoms with Gasteiger partial charge in [-0.2, -0.15) is 0 Å². The molecule has 3 aromatic rings. The van der Waals surface area contributed by atoms with Gasteiger partial charge in [0.15, 0.2) is 11.5 Å². The summed E-state index contributed by atoms with van der Waals surface area (Å²) in [4.78, 5) is 25.8. The number of amides is 1. The fourth-order valence-electron chi connectivity index (χ4n) is 3.35. The summed E-state index contributed by atoms with van der Waals surface area (Å²) in [6.07, 6.45) is 5.20. The number of nitrogens with zero attached hydrogens (tertiary/aromatic N) is 1. The fourth-order valence-corrected chi connectivity index (χ4v) is 3.35. The Morgan fingerprint density at radius 3 is 2.53 bits per heavy atom. The standard InChI is InChI=1S/C25H28N2O5/c1-5-6-13-32-25(29)20(14-18-16-27(2)21-10-8-7-9-19(18)21)26-24(28)17-11-12-22(30-3)23(15-17)31-4/h7-12,14-16H,5-6,13H2,1-4H3,(H,26,28)/b20-14-. The van der Waals surface area contributed by atoms with Crippen LogP contribution in [0, 0.1) is 0 Å². The molecule has 32 heavy (non-hydrogen) atoms. The zero-order valence-corrected chi connectivity index (χ0v) is 18.8. The van der Waals surface area contributed by atoms with E-state index < -0.39 is 11.9 Å². The van der Waals surface area contributed by atoms with Crippen molar-refractivity contribution >= 4 is 28.9 Å². The molecule has 1 N–H and O–H groups in total. The number of aryl methyl sites for hydroxylation is 1. The van der Waals surface area contributed by atoms with E-state index in [1.807, 2.05) is 49.0 Å². The highest BCUT2D eigenvalue weighted by molar-refractivity contribution is 6.05. The summed E-state index contributed by atoms with van der Waals surface area (Å²) >= 11 is 0. The summed E-state index contributed by atoms with van der Waals surface area (Å²) in [6.45, 7) is 2.30. The number of carbonyl (C=O) groups excluding carboxylic acids is 2. The number of unbranched alkanes of at least 4 members (excludes halogenated alkanes) is 1. The number of methoxy groups -OCH3 is 2. The monoisotopic (exact) mass is 436 g/mol. The van der Waals surface area contributed by atoms with E-state index in [4.69, 9.17) is 14.2 Å². The number of ether oxygens (including phenoxy) is 3. The number of carbonyl (C=O) groups is 2. The van der Waals surface area contributed by atoms with Gasteiger partial charge in [0.1, 0.15) is 5.70 Å².